The van der Waals surface area contributed by atoms with Crippen LogP contribution in [0, 0.1) is 13.8 Å². The molecule has 3 nitrogen and oxygen atoms in total. The summed E-state index contributed by atoms with van der Waals surface area (Å²) in [5.74, 6) is 2.06. The number of aliphatic hydroxyl groups is 1. The van der Waals surface area contributed by atoms with E-state index in [0.29, 0.717) is 0 Å². The Bertz CT molecular complexity index is 1050. The van der Waals surface area contributed by atoms with Crippen molar-refractivity contribution < 1.29 is 14.4 Å². The summed E-state index contributed by atoms with van der Waals surface area (Å²) in [5, 5.41) is 11.4. The molecule has 2 aliphatic rings. The zero-order chi connectivity index (χ0) is 25.6. The van der Waals surface area contributed by atoms with Gasteiger partial charge in [0, 0.05) is 5.41 Å². The van der Waals surface area contributed by atoms with Gasteiger partial charge in [-0.25, -0.2) is 0 Å². The molecule has 5 heteroatoms. The quantitative estimate of drug-likeness (QED) is 0.470. The highest BCUT2D eigenvalue weighted by atomic mass is 32.2. The molecule has 4 rings (SSSR count). The number of aryl methyl sites for hydroxylation is 2. The number of hydrogen-bond donors (Lipinski definition) is 1. The zero-order valence-corrected chi connectivity index (χ0v) is 23.8. The molecule has 0 saturated carbocycles. The van der Waals surface area contributed by atoms with Crippen LogP contribution in [0.15, 0.2) is 36.4 Å². The van der Waals surface area contributed by atoms with E-state index in [0.717, 1.165) is 48.2 Å². The molecule has 2 aliphatic heterocycles. The summed E-state index contributed by atoms with van der Waals surface area (Å²) in [7, 11) is -0.345. The Morgan fingerprint density at radius 3 is 1.86 bits per heavy atom. The minimum Gasteiger partial charge on any atom is -0.399 e. The molecule has 35 heavy (non-hydrogen) atoms. The Morgan fingerprint density at radius 1 is 0.857 bits per heavy atom. The zero-order valence-electron chi connectivity index (χ0n) is 23.0. The van der Waals surface area contributed by atoms with Crippen molar-refractivity contribution in [2.45, 2.75) is 103 Å². The molecular formula is C30H43BO3S. The largest absolute Gasteiger partial charge is 0.495 e. The molecule has 0 aromatic heterocycles. The highest BCUT2D eigenvalue weighted by Crippen LogP contribution is 2.43. The van der Waals surface area contributed by atoms with Gasteiger partial charge >= 0.3 is 7.12 Å². The number of benzene rings is 2. The smallest absolute Gasteiger partial charge is 0.399 e. The van der Waals surface area contributed by atoms with Crippen molar-refractivity contribution in [2.24, 2.45) is 0 Å². The highest BCUT2D eigenvalue weighted by molar-refractivity contribution is 7.99. The first-order chi connectivity index (χ1) is 16.4. The van der Waals surface area contributed by atoms with Gasteiger partial charge in [-0.1, -0.05) is 55.8 Å². The van der Waals surface area contributed by atoms with Crippen molar-refractivity contribution in [3.8, 4) is 0 Å². The monoisotopic (exact) mass is 494 g/mol. The molecular weight excluding hydrogens is 451 g/mol. The summed E-state index contributed by atoms with van der Waals surface area (Å²) >= 11 is 1.94. The maximum absolute atomic E-state index is 11.4. The minimum atomic E-state index is -0.684. The van der Waals surface area contributed by atoms with Crippen molar-refractivity contribution in [3.63, 3.8) is 0 Å². The predicted octanol–water partition coefficient (Wildman–Crippen LogP) is 6.42. The molecule has 0 unspecified atom stereocenters. The van der Waals surface area contributed by atoms with E-state index in [1.807, 2.05) is 11.8 Å². The van der Waals surface area contributed by atoms with Crippen LogP contribution in [-0.2, 0) is 20.3 Å². The van der Waals surface area contributed by atoms with Crippen LogP contribution in [-0.4, -0.2) is 34.9 Å². The van der Waals surface area contributed by atoms with Crippen LogP contribution in [0.3, 0.4) is 0 Å². The number of rotatable bonds is 6. The lowest BCUT2D eigenvalue weighted by atomic mass is 9.67. The SMILES string of the molecule is CCC(CC)(c1ccc(B2OC(C)(C)C(C)(C)O2)c(C)c1)c1ccc(C2(O)CCSCC2)c(C)c1. The molecule has 2 aromatic carbocycles. The van der Waals surface area contributed by atoms with Gasteiger partial charge in [-0.3, -0.25) is 0 Å². The van der Waals surface area contributed by atoms with Gasteiger partial charge in [0.25, 0.3) is 0 Å². The first-order valence-electron chi connectivity index (χ1n) is 13.3. The second kappa shape index (κ2) is 9.56. The Labute approximate surface area is 217 Å². The summed E-state index contributed by atoms with van der Waals surface area (Å²) in [4.78, 5) is 0. The van der Waals surface area contributed by atoms with Gasteiger partial charge in [0.1, 0.15) is 0 Å². The molecule has 0 bridgehead atoms. The van der Waals surface area contributed by atoms with Gasteiger partial charge in [-0.05, 0) is 106 Å². The second-order valence-corrected chi connectivity index (χ2v) is 12.8. The summed E-state index contributed by atoms with van der Waals surface area (Å²) in [6.45, 7) is 17.3. The lowest BCUT2D eigenvalue weighted by Crippen LogP contribution is -2.41. The van der Waals surface area contributed by atoms with E-state index in [1.54, 1.807) is 0 Å². The lowest BCUT2D eigenvalue weighted by molar-refractivity contribution is 0.00578. The van der Waals surface area contributed by atoms with Crippen LogP contribution in [0.4, 0.5) is 0 Å². The third-order valence-corrected chi connectivity index (χ3v) is 10.1. The molecule has 2 saturated heterocycles. The van der Waals surface area contributed by atoms with E-state index in [4.69, 9.17) is 9.31 Å². The summed E-state index contributed by atoms with van der Waals surface area (Å²) in [5.41, 5.74) is 5.83. The minimum absolute atomic E-state index is 0.0758. The Morgan fingerprint density at radius 2 is 1.37 bits per heavy atom. The van der Waals surface area contributed by atoms with Crippen molar-refractivity contribution >= 4 is 24.3 Å². The van der Waals surface area contributed by atoms with E-state index in [1.165, 1.54) is 22.3 Å². The molecule has 2 aromatic rings. The average molecular weight is 495 g/mol. The van der Waals surface area contributed by atoms with Crippen LogP contribution >= 0.6 is 11.8 Å². The van der Waals surface area contributed by atoms with E-state index < -0.39 is 5.60 Å². The first kappa shape index (κ1) is 26.8. The van der Waals surface area contributed by atoms with Gasteiger partial charge in [-0.2, -0.15) is 11.8 Å². The van der Waals surface area contributed by atoms with Crippen molar-refractivity contribution in [2.75, 3.05) is 11.5 Å². The fraction of sp³-hybridized carbons (Fsp3) is 0.600. The van der Waals surface area contributed by atoms with Crippen molar-refractivity contribution in [3.05, 3.63) is 64.2 Å². The van der Waals surface area contributed by atoms with Crippen molar-refractivity contribution in [1.82, 2.24) is 0 Å². The number of thioether (sulfide) groups is 1. The molecule has 2 heterocycles. The third-order valence-electron chi connectivity index (χ3n) is 9.14. The van der Waals surface area contributed by atoms with Crippen LogP contribution in [0.1, 0.15) is 95.0 Å². The van der Waals surface area contributed by atoms with Gasteiger partial charge in [0.2, 0.25) is 0 Å². The summed E-state index contributed by atoms with van der Waals surface area (Å²) in [6, 6.07) is 13.6. The summed E-state index contributed by atoms with van der Waals surface area (Å²) in [6.07, 6.45) is 3.70. The molecule has 190 valence electrons. The normalized spacial score (nSPS) is 21.3. The van der Waals surface area contributed by atoms with Gasteiger partial charge in [0.15, 0.2) is 0 Å². The molecule has 0 aliphatic carbocycles. The molecule has 1 N–H and O–H groups in total. The Balaban J connectivity index is 1.69. The second-order valence-electron chi connectivity index (χ2n) is 11.6. The fourth-order valence-corrected chi connectivity index (χ4v) is 7.07. The van der Waals surface area contributed by atoms with Gasteiger partial charge < -0.3 is 14.4 Å². The fourth-order valence-electron chi connectivity index (χ4n) is 5.90. The van der Waals surface area contributed by atoms with Crippen molar-refractivity contribution in [1.29, 1.82) is 0 Å². The topological polar surface area (TPSA) is 38.7 Å². The molecule has 0 amide bonds. The summed E-state index contributed by atoms with van der Waals surface area (Å²) < 4.78 is 12.7. The standard InChI is InChI=1S/C30H43BO3S/c1-9-29(10-2,23-11-13-25(21(3)19-23)30(32)15-17-35-18-16-30)24-12-14-26(22(4)20-24)31-33-27(5,6)28(7,8)34-31/h11-14,19-20,32H,9-10,15-18H2,1-8H3. The van der Waals surface area contributed by atoms with E-state index in [2.05, 4.69) is 91.8 Å². The van der Waals surface area contributed by atoms with Gasteiger partial charge in [-0.15, -0.1) is 0 Å². The van der Waals surface area contributed by atoms with Gasteiger partial charge in [0.05, 0.1) is 16.8 Å². The van der Waals surface area contributed by atoms with Crippen LogP contribution in [0.5, 0.6) is 0 Å². The Hall–Kier alpha value is -1.27. The molecule has 2 fully saturated rings. The van der Waals surface area contributed by atoms with E-state index in [9.17, 15) is 5.11 Å². The number of hydrogen-bond acceptors (Lipinski definition) is 4. The van der Waals surface area contributed by atoms with Crippen LogP contribution in [0.25, 0.3) is 0 Å². The first-order valence-corrected chi connectivity index (χ1v) is 14.4. The lowest BCUT2D eigenvalue weighted by Gasteiger charge is -2.37. The molecule has 0 spiro atoms. The predicted molar refractivity (Wildman–Crippen MR) is 150 cm³/mol. The maximum atomic E-state index is 11.4. The Kier molecular flexibility index (Phi) is 7.31. The van der Waals surface area contributed by atoms with E-state index in [-0.39, 0.29) is 23.7 Å². The van der Waals surface area contributed by atoms with Crippen LogP contribution < -0.4 is 5.46 Å². The molecule has 0 radical (unpaired) electrons. The molecule has 0 atom stereocenters. The van der Waals surface area contributed by atoms with Crippen LogP contribution in [0.2, 0.25) is 0 Å². The average Bonchev–Trinajstić information content (AvgIpc) is 3.02. The third kappa shape index (κ3) is 4.63. The maximum Gasteiger partial charge on any atom is 0.495 e. The van der Waals surface area contributed by atoms with E-state index >= 15 is 0 Å². The highest BCUT2D eigenvalue weighted by Gasteiger charge is 2.52.